The van der Waals surface area contributed by atoms with Gasteiger partial charge in [0.05, 0.1) is 17.6 Å². The van der Waals surface area contributed by atoms with Crippen molar-refractivity contribution in [3.05, 3.63) is 53.8 Å². The van der Waals surface area contributed by atoms with Crippen molar-refractivity contribution >= 4 is 35.4 Å². The first kappa shape index (κ1) is 19.9. The van der Waals surface area contributed by atoms with E-state index in [0.717, 1.165) is 6.07 Å². The van der Waals surface area contributed by atoms with Gasteiger partial charge in [0.15, 0.2) is 0 Å². The molecule has 0 fully saturated rings. The number of aliphatic imine (C=N–C) groups is 1. The highest BCUT2D eigenvalue weighted by atomic mass is 19.1. The van der Waals surface area contributed by atoms with Gasteiger partial charge in [-0.3, -0.25) is 10.1 Å². The maximum atomic E-state index is 13.3. The highest BCUT2D eigenvalue weighted by molar-refractivity contribution is 6.07. The van der Waals surface area contributed by atoms with Crippen LogP contribution in [0.25, 0.3) is 0 Å². The van der Waals surface area contributed by atoms with Crippen LogP contribution >= 0.6 is 0 Å². The number of amides is 2. The number of rotatable bonds is 4. The van der Waals surface area contributed by atoms with E-state index in [9.17, 15) is 14.0 Å². The molecule has 0 heterocycles. The summed E-state index contributed by atoms with van der Waals surface area (Å²) in [6.07, 6.45) is 0.609. The largest absolute Gasteiger partial charge is 0.444 e. The number of alkyl carbamates (subject to hydrolysis) is 1. The van der Waals surface area contributed by atoms with Crippen molar-refractivity contribution in [1.29, 1.82) is 0 Å². The van der Waals surface area contributed by atoms with Gasteiger partial charge in [0.1, 0.15) is 11.4 Å². The third-order valence-corrected chi connectivity index (χ3v) is 3.18. The molecule has 0 saturated carbocycles. The van der Waals surface area contributed by atoms with Crippen LogP contribution < -0.4 is 16.4 Å². The van der Waals surface area contributed by atoms with Gasteiger partial charge in [-0.2, -0.15) is 0 Å². The van der Waals surface area contributed by atoms with Crippen LogP contribution in [-0.4, -0.2) is 23.9 Å². The van der Waals surface area contributed by atoms with E-state index in [-0.39, 0.29) is 11.3 Å². The van der Waals surface area contributed by atoms with Crippen LogP contribution in [0.3, 0.4) is 0 Å². The average molecular weight is 372 g/mol. The van der Waals surface area contributed by atoms with E-state index >= 15 is 0 Å². The van der Waals surface area contributed by atoms with Crippen LogP contribution in [0.4, 0.5) is 26.2 Å². The lowest BCUT2D eigenvalue weighted by molar-refractivity contribution is 0.0565. The Hall–Kier alpha value is -3.42. The van der Waals surface area contributed by atoms with E-state index in [0.29, 0.717) is 11.4 Å². The van der Waals surface area contributed by atoms with E-state index < -0.39 is 23.4 Å². The molecule has 2 rings (SSSR count). The summed E-state index contributed by atoms with van der Waals surface area (Å²) in [5.74, 6) is -1.06. The minimum atomic E-state index is -0.609. The minimum Gasteiger partial charge on any atom is -0.444 e. The molecule has 4 N–H and O–H groups in total. The Kier molecular flexibility index (Phi) is 6.12. The fourth-order valence-electron chi connectivity index (χ4n) is 2.02. The molecular formula is C19H21FN4O3. The second-order valence-corrected chi connectivity index (χ2v) is 6.64. The molecule has 0 spiro atoms. The molecule has 7 nitrogen and oxygen atoms in total. The monoisotopic (exact) mass is 372 g/mol. The van der Waals surface area contributed by atoms with Gasteiger partial charge >= 0.3 is 6.09 Å². The van der Waals surface area contributed by atoms with Crippen molar-refractivity contribution in [2.24, 2.45) is 4.99 Å². The second-order valence-electron chi connectivity index (χ2n) is 6.64. The summed E-state index contributed by atoms with van der Waals surface area (Å²) in [6.45, 7) is 5.27. The molecule has 0 atom stereocenters. The molecule has 2 amide bonds. The lowest BCUT2D eigenvalue weighted by atomic mass is 10.1. The number of ether oxygens (including phenoxy) is 1. The summed E-state index contributed by atoms with van der Waals surface area (Å²) < 4.78 is 18.3. The van der Waals surface area contributed by atoms with Gasteiger partial charge < -0.3 is 15.8 Å². The highest BCUT2D eigenvalue weighted by Gasteiger charge is 2.15. The fraction of sp³-hybridized carbons (Fsp3) is 0.211. The van der Waals surface area contributed by atoms with Crippen molar-refractivity contribution in [3.63, 3.8) is 0 Å². The van der Waals surface area contributed by atoms with Crippen LogP contribution in [0, 0.1) is 5.82 Å². The van der Waals surface area contributed by atoms with Crippen LogP contribution in [0.5, 0.6) is 0 Å². The van der Waals surface area contributed by atoms with E-state index in [1.165, 1.54) is 18.5 Å². The Morgan fingerprint density at radius 1 is 1.15 bits per heavy atom. The molecule has 2 aromatic carbocycles. The lowest BCUT2D eigenvalue weighted by Crippen LogP contribution is -2.31. The molecule has 2 aromatic rings. The molecule has 0 aliphatic carbocycles. The van der Waals surface area contributed by atoms with Crippen molar-refractivity contribution in [2.75, 3.05) is 11.1 Å². The zero-order valence-electron chi connectivity index (χ0n) is 15.2. The summed E-state index contributed by atoms with van der Waals surface area (Å²) in [5.41, 5.74) is 6.38. The standard InChI is InChI=1S/C19H21FN4O3/c1-19(2,3)27-18(26)23-11-22-13-5-7-14(8-6-13)24-17(25)15-10-12(20)4-9-16(15)21/h4-11H,21H2,1-3H3,(H,24,25)(H,22,23,26). The van der Waals surface area contributed by atoms with E-state index in [2.05, 4.69) is 15.6 Å². The Bertz CT molecular complexity index is 858. The third-order valence-electron chi connectivity index (χ3n) is 3.18. The molecule has 0 radical (unpaired) electrons. The van der Waals surface area contributed by atoms with Crippen molar-refractivity contribution in [3.8, 4) is 0 Å². The number of anilines is 2. The highest BCUT2D eigenvalue weighted by Crippen LogP contribution is 2.19. The summed E-state index contributed by atoms with van der Waals surface area (Å²) >= 11 is 0. The van der Waals surface area contributed by atoms with Crippen LogP contribution in [0.15, 0.2) is 47.5 Å². The molecule has 27 heavy (non-hydrogen) atoms. The third kappa shape index (κ3) is 6.43. The number of nitrogens with zero attached hydrogens (tertiary/aromatic N) is 1. The molecule has 0 saturated heterocycles. The fourth-order valence-corrected chi connectivity index (χ4v) is 2.02. The van der Waals surface area contributed by atoms with E-state index in [1.54, 1.807) is 45.0 Å². The number of carbonyl (C=O) groups is 2. The molecule has 142 valence electrons. The van der Waals surface area contributed by atoms with Crippen molar-refractivity contribution in [2.45, 2.75) is 26.4 Å². The van der Waals surface area contributed by atoms with E-state index in [4.69, 9.17) is 10.5 Å². The second kappa shape index (κ2) is 8.31. The first-order chi connectivity index (χ1) is 12.6. The summed E-state index contributed by atoms with van der Waals surface area (Å²) in [7, 11) is 0. The SMILES string of the molecule is CC(C)(C)OC(=O)NC=Nc1ccc(NC(=O)c2cc(F)ccc2N)cc1. The maximum Gasteiger partial charge on any atom is 0.412 e. The predicted molar refractivity (Wildman–Crippen MR) is 103 cm³/mol. The Morgan fingerprint density at radius 2 is 1.81 bits per heavy atom. The number of nitrogens with one attached hydrogen (secondary N) is 2. The first-order valence-corrected chi connectivity index (χ1v) is 8.12. The van der Waals surface area contributed by atoms with E-state index in [1.807, 2.05) is 0 Å². The molecule has 8 heteroatoms. The van der Waals surface area contributed by atoms with Gasteiger partial charge in [-0.25, -0.2) is 14.2 Å². The van der Waals surface area contributed by atoms with Gasteiger partial charge in [-0.05, 0) is 63.2 Å². The molecule has 0 aliphatic heterocycles. The Labute approximate surface area is 156 Å². The lowest BCUT2D eigenvalue weighted by Gasteiger charge is -2.18. The first-order valence-electron chi connectivity index (χ1n) is 8.12. The van der Waals surface area contributed by atoms with Crippen molar-refractivity contribution in [1.82, 2.24) is 5.32 Å². The van der Waals surface area contributed by atoms with Gasteiger partial charge in [-0.15, -0.1) is 0 Å². The minimum absolute atomic E-state index is 0.0543. The van der Waals surface area contributed by atoms with Crippen LogP contribution in [-0.2, 0) is 4.74 Å². The van der Waals surface area contributed by atoms with Crippen LogP contribution in [0.1, 0.15) is 31.1 Å². The number of benzene rings is 2. The normalized spacial score (nSPS) is 11.3. The Morgan fingerprint density at radius 3 is 2.44 bits per heavy atom. The quantitative estimate of drug-likeness (QED) is 0.431. The number of nitrogen functional groups attached to an aromatic ring is 1. The average Bonchev–Trinajstić information content (AvgIpc) is 2.57. The smallest absolute Gasteiger partial charge is 0.412 e. The molecule has 0 aromatic heterocycles. The number of nitrogens with two attached hydrogens (primary N) is 1. The zero-order valence-corrected chi connectivity index (χ0v) is 15.2. The number of halogens is 1. The summed E-state index contributed by atoms with van der Waals surface area (Å²) in [5, 5.41) is 5.02. The van der Waals surface area contributed by atoms with Gasteiger partial charge in [-0.1, -0.05) is 0 Å². The topological polar surface area (TPSA) is 106 Å². The molecule has 0 unspecified atom stereocenters. The number of carbonyl (C=O) groups excluding carboxylic acids is 2. The maximum absolute atomic E-state index is 13.3. The summed E-state index contributed by atoms with van der Waals surface area (Å²) in [4.78, 5) is 27.7. The van der Waals surface area contributed by atoms with Gasteiger partial charge in [0.25, 0.3) is 5.91 Å². The number of hydrogen-bond donors (Lipinski definition) is 3. The summed E-state index contributed by atoms with van der Waals surface area (Å²) in [6, 6.07) is 10.1. The van der Waals surface area contributed by atoms with Crippen molar-refractivity contribution < 1.29 is 18.7 Å². The zero-order chi connectivity index (χ0) is 20.0. The van der Waals surface area contributed by atoms with Gasteiger partial charge in [0, 0.05) is 11.4 Å². The Balaban J connectivity index is 1.95. The molecule has 0 aliphatic rings. The van der Waals surface area contributed by atoms with Gasteiger partial charge in [0.2, 0.25) is 0 Å². The molecular weight excluding hydrogens is 351 g/mol. The van der Waals surface area contributed by atoms with Crippen LogP contribution in [0.2, 0.25) is 0 Å². The number of hydrogen-bond acceptors (Lipinski definition) is 5. The predicted octanol–water partition coefficient (Wildman–Crippen LogP) is 3.84. The molecule has 0 bridgehead atoms.